The second-order valence-corrected chi connectivity index (χ2v) is 8.90. The third-order valence-corrected chi connectivity index (χ3v) is 6.52. The Bertz CT molecular complexity index is 1380. The molecule has 0 aliphatic heterocycles. The number of nitrogens with one attached hydrogen (secondary N) is 1. The fourth-order valence-corrected chi connectivity index (χ4v) is 4.84. The van der Waals surface area contributed by atoms with E-state index in [9.17, 15) is 18.0 Å². The first-order valence-electron chi connectivity index (χ1n) is 11.6. The van der Waals surface area contributed by atoms with Gasteiger partial charge in [0.1, 0.15) is 17.3 Å². The van der Waals surface area contributed by atoms with Crippen LogP contribution in [0.3, 0.4) is 0 Å². The van der Waals surface area contributed by atoms with Crippen LogP contribution in [0.25, 0.3) is 5.69 Å². The van der Waals surface area contributed by atoms with Crippen molar-refractivity contribution in [2.45, 2.75) is 38.1 Å². The minimum atomic E-state index is -0.767. The summed E-state index contributed by atoms with van der Waals surface area (Å²) in [6.07, 6.45) is 1.81. The van der Waals surface area contributed by atoms with Crippen molar-refractivity contribution in [3.05, 3.63) is 118 Å². The maximum Gasteiger partial charge on any atom is 0.272 e. The van der Waals surface area contributed by atoms with Crippen molar-refractivity contribution in [2.24, 2.45) is 0 Å². The van der Waals surface area contributed by atoms with Crippen LogP contribution in [0, 0.1) is 17.5 Å². The minimum Gasteiger partial charge on any atom is -0.344 e. The summed E-state index contributed by atoms with van der Waals surface area (Å²) in [5.41, 5.74) is 3.51. The molecule has 4 aromatic rings. The highest BCUT2D eigenvalue weighted by molar-refractivity contribution is 5.94. The van der Waals surface area contributed by atoms with Crippen molar-refractivity contribution in [3.8, 4) is 5.69 Å². The Kier molecular flexibility index (Phi) is 6.16. The van der Waals surface area contributed by atoms with E-state index in [4.69, 9.17) is 0 Å². The fourth-order valence-electron chi connectivity index (χ4n) is 4.84. The highest BCUT2D eigenvalue weighted by atomic mass is 19.1. The SMILES string of the molecule is C[C@@H](NC(=O)c1nn(-c2ccc(F)cc2F)c2c1CCC2Cc1cccc(F)c1)c1ccccc1. The standard InChI is InChI=1S/C28H24F3N3O/c1-17(19-7-3-2-4-8-19)32-28(35)26-23-12-10-20(14-18-6-5-9-21(29)15-18)27(23)34(33-26)25-13-11-22(30)16-24(25)31/h2-9,11,13,15-17,20H,10,12,14H2,1H3,(H,32,35)/t17-,20?/m1/s1. The number of nitrogens with zero attached hydrogens (tertiary/aromatic N) is 2. The Labute approximate surface area is 201 Å². The van der Waals surface area contributed by atoms with E-state index in [0.717, 1.165) is 22.8 Å². The molecular formula is C28H24F3N3O. The number of rotatable bonds is 6. The molecule has 0 fully saturated rings. The Balaban J connectivity index is 1.54. The van der Waals surface area contributed by atoms with Crippen molar-refractivity contribution in [2.75, 3.05) is 0 Å². The molecule has 178 valence electrons. The van der Waals surface area contributed by atoms with Crippen LogP contribution in [-0.4, -0.2) is 15.7 Å². The van der Waals surface area contributed by atoms with Crippen LogP contribution in [-0.2, 0) is 12.8 Å². The number of amides is 1. The van der Waals surface area contributed by atoms with Crippen molar-refractivity contribution >= 4 is 5.91 Å². The summed E-state index contributed by atoms with van der Waals surface area (Å²) in [5.74, 6) is -2.24. The molecular weight excluding hydrogens is 451 g/mol. The van der Waals surface area contributed by atoms with Gasteiger partial charge in [-0.1, -0.05) is 42.5 Å². The van der Waals surface area contributed by atoms with Crippen LogP contribution >= 0.6 is 0 Å². The number of fused-ring (bicyclic) bond motifs is 1. The molecule has 0 saturated heterocycles. The number of carbonyl (C=O) groups is 1. The van der Waals surface area contributed by atoms with Crippen LogP contribution in [0.2, 0.25) is 0 Å². The first kappa shape index (κ1) is 22.9. The summed E-state index contributed by atoms with van der Waals surface area (Å²) in [6, 6.07) is 19.0. The molecule has 0 radical (unpaired) electrons. The molecule has 1 aliphatic rings. The lowest BCUT2D eigenvalue weighted by atomic mass is 9.97. The number of aromatic nitrogens is 2. The predicted molar refractivity (Wildman–Crippen MR) is 127 cm³/mol. The Morgan fingerprint density at radius 2 is 1.80 bits per heavy atom. The van der Waals surface area contributed by atoms with Crippen molar-refractivity contribution < 1.29 is 18.0 Å². The molecule has 1 N–H and O–H groups in total. The second-order valence-electron chi connectivity index (χ2n) is 8.90. The topological polar surface area (TPSA) is 46.9 Å². The molecule has 5 rings (SSSR count). The van der Waals surface area contributed by atoms with Gasteiger partial charge in [-0.2, -0.15) is 5.10 Å². The van der Waals surface area contributed by atoms with E-state index in [1.165, 1.54) is 28.9 Å². The monoisotopic (exact) mass is 475 g/mol. The van der Waals surface area contributed by atoms with Gasteiger partial charge in [-0.25, -0.2) is 17.9 Å². The molecule has 1 aliphatic carbocycles. The van der Waals surface area contributed by atoms with E-state index in [0.29, 0.717) is 25.0 Å². The molecule has 2 atom stereocenters. The van der Waals surface area contributed by atoms with Gasteiger partial charge in [0.2, 0.25) is 0 Å². The van der Waals surface area contributed by atoms with Gasteiger partial charge in [0, 0.05) is 17.5 Å². The van der Waals surface area contributed by atoms with Gasteiger partial charge in [-0.3, -0.25) is 4.79 Å². The van der Waals surface area contributed by atoms with Crippen LogP contribution < -0.4 is 5.32 Å². The van der Waals surface area contributed by atoms with E-state index >= 15 is 0 Å². The van der Waals surface area contributed by atoms with E-state index in [1.807, 2.05) is 43.3 Å². The zero-order valence-electron chi connectivity index (χ0n) is 19.1. The largest absolute Gasteiger partial charge is 0.344 e. The molecule has 0 saturated carbocycles. The summed E-state index contributed by atoms with van der Waals surface area (Å²) in [7, 11) is 0. The molecule has 1 aromatic heterocycles. The number of hydrogen-bond acceptors (Lipinski definition) is 2. The van der Waals surface area contributed by atoms with Crippen molar-refractivity contribution in [3.63, 3.8) is 0 Å². The first-order valence-corrected chi connectivity index (χ1v) is 11.6. The average Bonchev–Trinajstić information content (AvgIpc) is 3.41. The van der Waals surface area contributed by atoms with Gasteiger partial charge in [-0.15, -0.1) is 0 Å². The van der Waals surface area contributed by atoms with E-state index in [1.54, 1.807) is 6.07 Å². The van der Waals surface area contributed by atoms with Gasteiger partial charge < -0.3 is 5.32 Å². The molecule has 3 aromatic carbocycles. The molecule has 35 heavy (non-hydrogen) atoms. The number of halogens is 3. The predicted octanol–water partition coefficient (Wildman–Crippen LogP) is 6.05. The number of benzene rings is 3. The van der Waals surface area contributed by atoms with Crippen LogP contribution in [0.5, 0.6) is 0 Å². The normalized spacial score (nSPS) is 15.6. The highest BCUT2D eigenvalue weighted by Gasteiger charge is 2.34. The molecule has 0 bridgehead atoms. The molecule has 0 spiro atoms. The van der Waals surface area contributed by atoms with Crippen LogP contribution in [0.15, 0.2) is 72.8 Å². The van der Waals surface area contributed by atoms with Gasteiger partial charge in [0.05, 0.1) is 11.7 Å². The van der Waals surface area contributed by atoms with Crippen molar-refractivity contribution in [1.82, 2.24) is 15.1 Å². The van der Waals surface area contributed by atoms with Gasteiger partial charge >= 0.3 is 0 Å². The van der Waals surface area contributed by atoms with Crippen LogP contribution in [0.1, 0.15) is 58.2 Å². The molecule has 7 heteroatoms. The smallest absolute Gasteiger partial charge is 0.272 e. The van der Waals surface area contributed by atoms with E-state index < -0.39 is 11.6 Å². The Morgan fingerprint density at radius 3 is 2.54 bits per heavy atom. The van der Waals surface area contributed by atoms with Gasteiger partial charge in [-0.05, 0) is 61.6 Å². The average molecular weight is 476 g/mol. The minimum absolute atomic E-state index is 0.0731. The highest BCUT2D eigenvalue weighted by Crippen LogP contribution is 2.39. The summed E-state index contributed by atoms with van der Waals surface area (Å²) < 4.78 is 43.6. The maximum absolute atomic E-state index is 14.8. The zero-order chi connectivity index (χ0) is 24.5. The van der Waals surface area contributed by atoms with E-state index in [2.05, 4.69) is 10.4 Å². The van der Waals surface area contributed by atoms with Gasteiger partial charge in [0.25, 0.3) is 5.91 Å². The lowest BCUT2D eigenvalue weighted by Crippen LogP contribution is -2.28. The van der Waals surface area contributed by atoms with Crippen LogP contribution in [0.4, 0.5) is 13.2 Å². The first-order chi connectivity index (χ1) is 16.9. The Hall–Kier alpha value is -3.87. The summed E-state index contributed by atoms with van der Waals surface area (Å²) in [5, 5.41) is 7.50. The quantitative estimate of drug-likeness (QED) is 0.369. The summed E-state index contributed by atoms with van der Waals surface area (Å²) in [4.78, 5) is 13.3. The molecule has 1 amide bonds. The third kappa shape index (κ3) is 4.58. The second kappa shape index (κ2) is 9.41. The molecule has 1 unspecified atom stereocenters. The van der Waals surface area contributed by atoms with Crippen molar-refractivity contribution in [1.29, 1.82) is 0 Å². The number of hydrogen-bond donors (Lipinski definition) is 1. The number of carbonyl (C=O) groups excluding carboxylic acids is 1. The Morgan fingerprint density at radius 1 is 1.03 bits per heavy atom. The summed E-state index contributed by atoms with van der Waals surface area (Å²) in [6.45, 7) is 1.89. The molecule has 1 heterocycles. The fraction of sp³-hybridized carbons (Fsp3) is 0.214. The zero-order valence-corrected chi connectivity index (χ0v) is 19.1. The molecule has 4 nitrogen and oxygen atoms in total. The lowest BCUT2D eigenvalue weighted by Gasteiger charge is -2.15. The maximum atomic E-state index is 14.8. The van der Waals surface area contributed by atoms with Gasteiger partial charge in [0.15, 0.2) is 11.5 Å². The lowest BCUT2D eigenvalue weighted by molar-refractivity contribution is 0.0933. The van der Waals surface area contributed by atoms with E-state index in [-0.39, 0.29) is 35.1 Å². The third-order valence-electron chi connectivity index (χ3n) is 6.52. The summed E-state index contributed by atoms with van der Waals surface area (Å²) >= 11 is 0.